The standard InChI is InChI=1S/C14H29N3O2S/c1-14(2,3)16-7-9-17(10-8-16)20(18,19)12-13-5-4-6-15-11-13/h13,15H,4-12H2,1-3H3. The van der Waals surface area contributed by atoms with Gasteiger partial charge in [0, 0.05) is 31.7 Å². The second kappa shape index (κ2) is 6.30. The van der Waals surface area contributed by atoms with Crippen molar-refractivity contribution in [2.75, 3.05) is 45.0 Å². The van der Waals surface area contributed by atoms with Gasteiger partial charge in [-0.05, 0) is 52.6 Å². The van der Waals surface area contributed by atoms with Crippen LogP contribution in [-0.2, 0) is 10.0 Å². The minimum atomic E-state index is -3.09. The van der Waals surface area contributed by atoms with Gasteiger partial charge in [0.25, 0.3) is 0 Å². The van der Waals surface area contributed by atoms with Crippen LogP contribution in [0, 0.1) is 5.92 Å². The van der Waals surface area contributed by atoms with E-state index in [1.54, 1.807) is 4.31 Å². The zero-order valence-corrected chi connectivity index (χ0v) is 13.9. The molecular weight excluding hydrogens is 274 g/mol. The van der Waals surface area contributed by atoms with Gasteiger partial charge in [-0.25, -0.2) is 8.42 Å². The zero-order chi connectivity index (χ0) is 14.8. The van der Waals surface area contributed by atoms with Gasteiger partial charge in [-0.1, -0.05) is 0 Å². The maximum atomic E-state index is 12.5. The number of hydrogen-bond acceptors (Lipinski definition) is 4. The van der Waals surface area contributed by atoms with Crippen molar-refractivity contribution >= 4 is 10.0 Å². The van der Waals surface area contributed by atoms with Crippen molar-refractivity contribution in [3.05, 3.63) is 0 Å². The highest BCUT2D eigenvalue weighted by Gasteiger charge is 2.32. The third-order valence-electron chi connectivity index (χ3n) is 4.43. The molecule has 2 fully saturated rings. The Kier molecular flexibility index (Phi) is 5.10. The highest BCUT2D eigenvalue weighted by atomic mass is 32.2. The van der Waals surface area contributed by atoms with Crippen LogP contribution < -0.4 is 5.32 Å². The van der Waals surface area contributed by atoms with Gasteiger partial charge in [0.15, 0.2) is 0 Å². The molecule has 2 aliphatic heterocycles. The van der Waals surface area contributed by atoms with E-state index in [2.05, 4.69) is 31.0 Å². The van der Waals surface area contributed by atoms with Gasteiger partial charge >= 0.3 is 0 Å². The molecule has 2 rings (SSSR count). The lowest BCUT2D eigenvalue weighted by Gasteiger charge is -2.42. The van der Waals surface area contributed by atoms with Crippen LogP contribution in [0.2, 0.25) is 0 Å². The molecule has 0 aromatic carbocycles. The lowest BCUT2D eigenvalue weighted by atomic mass is 10.0. The Hall–Kier alpha value is -0.170. The molecule has 0 aromatic heterocycles. The summed E-state index contributed by atoms with van der Waals surface area (Å²) in [6, 6.07) is 0. The van der Waals surface area contributed by atoms with E-state index in [1.165, 1.54) is 0 Å². The van der Waals surface area contributed by atoms with Crippen LogP contribution in [0.1, 0.15) is 33.6 Å². The van der Waals surface area contributed by atoms with Crippen LogP contribution in [0.3, 0.4) is 0 Å². The van der Waals surface area contributed by atoms with Crippen LogP contribution in [-0.4, -0.2) is 68.2 Å². The van der Waals surface area contributed by atoms with Crippen molar-refractivity contribution in [1.29, 1.82) is 0 Å². The second-order valence-corrected chi connectivity index (χ2v) is 9.06. The lowest BCUT2D eigenvalue weighted by molar-refractivity contribution is 0.0920. The van der Waals surface area contributed by atoms with Gasteiger partial charge in [0.05, 0.1) is 5.75 Å². The molecule has 0 saturated carbocycles. The SMILES string of the molecule is CC(C)(C)N1CCN(S(=O)(=O)CC2CCCNC2)CC1. The van der Waals surface area contributed by atoms with Crippen LogP contribution >= 0.6 is 0 Å². The normalized spacial score (nSPS) is 27.6. The Morgan fingerprint density at radius 1 is 1.15 bits per heavy atom. The highest BCUT2D eigenvalue weighted by molar-refractivity contribution is 7.89. The molecule has 1 atom stereocenters. The molecule has 1 N–H and O–H groups in total. The number of nitrogens with zero attached hydrogens (tertiary/aromatic N) is 2. The molecule has 0 amide bonds. The molecule has 1 unspecified atom stereocenters. The predicted octanol–water partition coefficient (Wildman–Crippen LogP) is 0.732. The minimum Gasteiger partial charge on any atom is -0.316 e. The molecule has 2 heterocycles. The fourth-order valence-electron chi connectivity index (χ4n) is 3.11. The number of piperidine rings is 1. The number of hydrogen-bond donors (Lipinski definition) is 1. The van der Waals surface area contributed by atoms with E-state index in [9.17, 15) is 8.42 Å². The van der Waals surface area contributed by atoms with Crippen molar-refractivity contribution in [3.8, 4) is 0 Å². The van der Waals surface area contributed by atoms with Crippen molar-refractivity contribution in [2.45, 2.75) is 39.2 Å². The molecule has 20 heavy (non-hydrogen) atoms. The van der Waals surface area contributed by atoms with Gasteiger partial charge in [-0.15, -0.1) is 0 Å². The summed E-state index contributed by atoms with van der Waals surface area (Å²) in [6.45, 7) is 11.4. The van der Waals surface area contributed by atoms with E-state index >= 15 is 0 Å². The molecule has 0 aliphatic carbocycles. The zero-order valence-electron chi connectivity index (χ0n) is 13.1. The van der Waals surface area contributed by atoms with Crippen LogP contribution in [0.25, 0.3) is 0 Å². The van der Waals surface area contributed by atoms with Gasteiger partial charge in [-0.2, -0.15) is 4.31 Å². The molecule has 6 heteroatoms. The van der Waals surface area contributed by atoms with Crippen molar-refractivity contribution < 1.29 is 8.42 Å². The topological polar surface area (TPSA) is 52.7 Å². The van der Waals surface area contributed by atoms with Crippen LogP contribution in [0.4, 0.5) is 0 Å². The molecule has 0 bridgehead atoms. The maximum absolute atomic E-state index is 12.5. The van der Waals surface area contributed by atoms with Crippen LogP contribution in [0.5, 0.6) is 0 Å². The first-order valence-corrected chi connectivity index (χ1v) is 9.33. The highest BCUT2D eigenvalue weighted by Crippen LogP contribution is 2.20. The molecular formula is C14H29N3O2S. The first-order valence-electron chi connectivity index (χ1n) is 7.72. The summed E-state index contributed by atoms with van der Waals surface area (Å²) in [5.74, 6) is 0.601. The molecule has 118 valence electrons. The monoisotopic (exact) mass is 303 g/mol. The van der Waals surface area contributed by atoms with Gasteiger partial charge in [-0.3, -0.25) is 4.90 Å². The number of nitrogens with one attached hydrogen (secondary N) is 1. The van der Waals surface area contributed by atoms with E-state index in [-0.39, 0.29) is 11.5 Å². The maximum Gasteiger partial charge on any atom is 0.214 e. The summed E-state index contributed by atoms with van der Waals surface area (Å²) in [5.41, 5.74) is 0.128. The number of rotatable bonds is 3. The van der Waals surface area contributed by atoms with E-state index in [0.717, 1.165) is 39.0 Å². The summed E-state index contributed by atoms with van der Waals surface area (Å²) < 4.78 is 26.7. The Labute approximate surface area is 123 Å². The smallest absolute Gasteiger partial charge is 0.214 e. The summed E-state index contributed by atoms with van der Waals surface area (Å²) in [4.78, 5) is 2.36. The summed E-state index contributed by atoms with van der Waals surface area (Å²) in [5, 5.41) is 3.30. The number of piperazine rings is 1. The van der Waals surface area contributed by atoms with Crippen molar-refractivity contribution in [2.24, 2.45) is 5.92 Å². The van der Waals surface area contributed by atoms with E-state index in [0.29, 0.717) is 18.8 Å². The molecule has 5 nitrogen and oxygen atoms in total. The quantitative estimate of drug-likeness (QED) is 0.835. The third kappa shape index (κ3) is 4.16. The summed E-state index contributed by atoms with van der Waals surface area (Å²) in [7, 11) is -3.09. The molecule has 2 aliphatic rings. The van der Waals surface area contributed by atoms with E-state index in [4.69, 9.17) is 0 Å². The lowest BCUT2D eigenvalue weighted by Crippen LogP contribution is -2.55. The summed E-state index contributed by atoms with van der Waals surface area (Å²) in [6.07, 6.45) is 2.13. The molecule has 0 radical (unpaired) electrons. The number of sulfonamides is 1. The molecule has 0 aromatic rings. The second-order valence-electron chi connectivity index (χ2n) is 7.05. The van der Waals surface area contributed by atoms with Gasteiger partial charge in [0.1, 0.15) is 0 Å². The summed E-state index contributed by atoms with van der Waals surface area (Å²) >= 11 is 0. The average molecular weight is 303 g/mol. The van der Waals surface area contributed by atoms with Gasteiger partial charge < -0.3 is 5.32 Å². The first-order chi connectivity index (χ1) is 9.29. The molecule has 0 spiro atoms. The predicted molar refractivity (Wildman–Crippen MR) is 82.3 cm³/mol. The van der Waals surface area contributed by atoms with Gasteiger partial charge in [0.2, 0.25) is 10.0 Å². The average Bonchev–Trinajstić information content (AvgIpc) is 2.38. The Balaban J connectivity index is 1.88. The Morgan fingerprint density at radius 3 is 2.30 bits per heavy atom. The van der Waals surface area contributed by atoms with Crippen LogP contribution in [0.15, 0.2) is 0 Å². The fraction of sp³-hybridized carbons (Fsp3) is 1.00. The molecule has 2 saturated heterocycles. The van der Waals surface area contributed by atoms with E-state index in [1.807, 2.05) is 0 Å². The van der Waals surface area contributed by atoms with Crippen molar-refractivity contribution in [1.82, 2.24) is 14.5 Å². The first kappa shape index (κ1) is 16.2. The largest absolute Gasteiger partial charge is 0.316 e. The minimum absolute atomic E-state index is 0.128. The fourth-order valence-corrected chi connectivity index (χ4v) is 4.92. The third-order valence-corrected chi connectivity index (χ3v) is 6.47. The van der Waals surface area contributed by atoms with E-state index < -0.39 is 10.0 Å². The van der Waals surface area contributed by atoms with Crippen molar-refractivity contribution in [3.63, 3.8) is 0 Å². The Bertz CT molecular complexity index is 403. The Morgan fingerprint density at radius 2 is 1.80 bits per heavy atom.